The van der Waals surface area contributed by atoms with Crippen molar-refractivity contribution in [1.82, 2.24) is 10.3 Å². The van der Waals surface area contributed by atoms with E-state index in [4.69, 9.17) is 0 Å². The third-order valence-electron chi connectivity index (χ3n) is 3.69. The molecule has 1 aromatic carbocycles. The highest BCUT2D eigenvalue weighted by molar-refractivity contribution is 6.03. The second-order valence-electron chi connectivity index (χ2n) is 5.04. The smallest absolute Gasteiger partial charge is 0.182 e. The van der Waals surface area contributed by atoms with Crippen molar-refractivity contribution in [3.63, 3.8) is 0 Å². The summed E-state index contributed by atoms with van der Waals surface area (Å²) in [4.78, 5) is 27.1. The first-order valence-corrected chi connectivity index (χ1v) is 6.79. The zero-order valence-electron chi connectivity index (χ0n) is 11.1. The van der Waals surface area contributed by atoms with Crippen LogP contribution in [0.15, 0.2) is 47.4 Å². The van der Waals surface area contributed by atoms with Gasteiger partial charge in [-0.3, -0.25) is 9.59 Å². The quantitative estimate of drug-likeness (QED) is 0.835. The molecule has 1 unspecified atom stereocenters. The minimum Gasteiger partial charge on any atom is -0.361 e. The Bertz CT molecular complexity index is 685. The van der Waals surface area contributed by atoms with Gasteiger partial charge in [0, 0.05) is 47.6 Å². The van der Waals surface area contributed by atoms with Crippen molar-refractivity contribution in [2.75, 3.05) is 13.1 Å². The first-order chi connectivity index (χ1) is 9.75. The van der Waals surface area contributed by atoms with Crippen molar-refractivity contribution in [1.29, 1.82) is 0 Å². The van der Waals surface area contributed by atoms with Crippen molar-refractivity contribution < 1.29 is 4.79 Å². The fourth-order valence-corrected chi connectivity index (χ4v) is 2.63. The summed E-state index contributed by atoms with van der Waals surface area (Å²) in [6, 6.07) is 10.4. The lowest BCUT2D eigenvalue weighted by Crippen LogP contribution is -2.18. The lowest BCUT2D eigenvalue weighted by atomic mass is 9.92. The Balaban J connectivity index is 2.04. The van der Waals surface area contributed by atoms with Gasteiger partial charge < -0.3 is 10.3 Å². The van der Waals surface area contributed by atoms with E-state index in [1.54, 1.807) is 6.20 Å². The van der Waals surface area contributed by atoms with Crippen molar-refractivity contribution >= 4 is 5.78 Å². The van der Waals surface area contributed by atoms with E-state index in [1.807, 2.05) is 24.3 Å². The topological polar surface area (TPSA) is 62.0 Å². The number of nitrogens with one attached hydrogen (secondary N) is 2. The molecule has 4 heteroatoms. The maximum absolute atomic E-state index is 12.6. The van der Waals surface area contributed by atoms with Gasteiger partial charge in [-0.25, -0.2) is 0 Å². The number of hydrogen-bond acceptors (Lipinski definition) is 3. The third-order valence-corrected chi connectivity index (χ3v) is 3.69. The molecule has 2 aromatic rings. The Kier molecular flexibility index (Phi) is 3.48. The van der Waals surface area contributed by atoms with Crippen LogP contribution in [0.3, 0.4) is 0 Å². The van der Waals surface area contributed by atoms with E-state index in [9.17, 15) is 9.59 Å². The van der Waals surface area contributed by atoms with E-state index in [-0.39, 0.29) is 17.1 Å². The maximum Gasteiger partial charge on any atom is 0.182 e. The molecule has 2 heterocycles. The van der Waals surface area contributed by atoms with E-state index < -0.39 is 0 Å². The number of carbonyl (C=O) groups is 1. The van der Waals surface area contributed by atoms with Crippen LogP contribution in [0.1, 0.15) is 16.8 Å². The first kappa shape index (κ1) is 12.8. The summed E-state index contributed by atoms with van der Waals surface area (Å²) < 4.78 is 0. The van der Waals surface area contributed by atoms with E-state index >= 15 is 0 Å². The van der Waals surface area contributed by atoms with Gasteiger partial charge in [0.2, 0.25) is 0 Å². The molecule has 1 aromatic heterocycles. The van der Waals surface area contributed by atoms with Crippen LogP contribution >= 0.6 is 0 Å². The van der Waals surface area contributed by atoms with Crippen molar-refractivity contribution in [3.05, 3.63) is 58.4 Å². The summed E-state index contributed by atoms with van der Waals surface area (Å²) in [5, 5.41) is 3.21. The van der Waals surface area contributed by atoms with Gasteiger partial charge in [-0.1, -0.05) is 24.3 Å². The standard InChI is InChI=1S/C16H16N2O2/c19-12-6-8-18-15(9-12)13-3-1-2-4-14(13)16(20)11-5-7-17-10-11/h1-4,6,8-9,11,17H,5,7,10H2,(H,18,19). The Morgan fingerprint density at radius 2 is 2.05 bits per heavy atom. The lowest BCUT2D eigenvalue weighted by molar-refractivity contribution is 0.0931. The molecule has 1 atom stereocenters. The average Bonchev–Trinajstić information content (AvgIpc) is 3.01. The molecule has 1 saturated heterocycles. The normalized spacial score (nSPS) is 18.1. The molecule has 20 heavy (non-hydrogen) atoms. The highest BCUT2D eigenvalue weighted by Gasteiger charge is 2.25. The van der Waals surface area contributed by atoms with Gasteiger partial charge in [-0.2, -0.15) is 0 Å². The monoisotopic (exact) mass is 268 g/mol. The van der Waals surface area contributed by atoms with E-state index in [2.05, 4.69) is 10.3 Å². The SMILES string of the molecule is O=C(c1ccccc1-c1cc(=O)cc[nH]1)C1CCNC1. The third kappa shape index (κ3) is 2.42. The fraction of sp³-hybridized carbons (Fsp3) is 0.250. The van der Waals surface area contributed by atoms with Crippen LogP contribution in [0, 0.1) is 5.92 Å². The van der Waals surface area contributed by atoms with Crippen LogP contribution in [0.25, 0.3) is 11.3 Å². The van der Waals surface area contributed by atoms with Gasteiger partial charge in [0.25, 0.3) is 0 Å². The van der Waals surface area contributed by atoms with Crippen LogP contribution < -0.4 is 10.7 Å². The first-order valence-electron chi connectivity index (χ1n) is 6.79. The van der Waals surface area contributed by atoms with Crippen LogP contribution in [-0.4, -0.2) is 23.9 Å². The Morgan fingerprint density at radius 1 is 1.20 bits per heavy atom. The van der Waals surface area contributed by atoms with Gasteiger partial charge >= 0.3 is 0 Å². The Labute approximate surface area is 116 Å². The molecule has 102 valence electrons. The molecule has 0 saturated carbocycles. The molecule has 4 nitrogen and oxygen atoms in total. The average molecular weight is 268 g/mol. The predicted octanol–water partition coefficient (Wildman–Crippen LogP) is 1.83. The number of aromatic amines is 1. The van der Waals surface area contributed by atoms with Gasteiger partial charge in [-0.15, -0.1) is 0 Å². The van der Waals surface area contributed by atoms with Crippen LogP contribution in [0.2, 0.25) is 0 Å². The molecule has 3 rings (SSSR count). The summed E-state index contributed by atoms with van der Waals surface area (Å²) in [5.41, 5.74) is 2.10. The van der Waals surface area contributed by atoms with E-state index in [0.717, 1.165) is 25.1 Å². The minimum absolute atomic E-state index is 0.0339. The second-order valence-corrected chi connectivity index (χ2v) is 5.04. The zero-order chi connectivity index (χ0) is 13.9. The van der Waals surface area contributed by atoms with Crippen molar-refractivity contribution in [2.45, 2.75) is 6.42 Å². The molecular formula is C16H16N2O2. The van der Waals surface area contributed by atoms with E-state index in [1.165, 1.54) is 12.1 Å². The van der Waals surface area contributed by atoms with E-state index in [0.29, 0.717) is 11.3 Å². The number of Topliss-reactive ketones (excluding diaryl/α,β-unsaturated/α-hetero) is 1. The van der Waals surface area contributed by atoms with Crippen LogP contribution in [0.4, 0.5) is 0 Å². The zero-order valence-corrected chi connectivity index (χ0v) is 11.1. The highest BCUT2D eigenvalue weighted by atomic mass is 16.1. The summed E-state index contributed by atoms with van der Waals surface area (Å²) in [6.45, 7) is 1.62. The number of rotatable bonds is 3. The summed E-state index contributed by atoms with van der Waals surface area (Å²) in [6.07, 6.45) is 2.48. The van der Waals surface area contributed by atoms with Gasteiger partial charge in [0.05, 0.1) is 0 Å². The Hall–Kier alpha value is -2.20. The van der Waals surface area contributed by atoms with Gasteiger partial charge in [-0.05, 0) is 13.0 Å². The number of aromatic nitrogens is 1. The number of H-pyrrole nitrogens is 1. The number of carbonyl (C=O) groups excluding carboxylic acids is 1. The molecule has 0 bridgehead atoms. The molecule has 0 radical (unpaired) electrons. The molecule has 0 aliphatic carbocycles. The van der Waals surface area contributed by atoms with Gasteiger partial charge in [0.1, 0.15) is 0 Å². The van der Waals surface area contributed by atoms with Crippen LogP contribution in [0.5, 0.6) is 0 Å². The molecule has 1 fully saturated rings. The number of ketones is 1. The molecule has 0 spiro atoms. The predicted molar refractivity (Wildman–Crippen MR) is 77.8 cm³/mol. The highest BCUT2D eigenvalue weighted by Crippen LogP contribution is 2.25. The maximum atomic E-state index is 12.6. The largest absolute Gasteiger partial charge is 0.361 e. The number of pyridine rings is 1. The second kappa shape index (κ2) is 5.43. The number of benzene rings is 1. The number of hydrogen-bond donors (Lipinski definition) is 2. The fourth-order valence-electron chi connectivity index (χ4n) is 2.63. The van der Waals surface area contributed by atoms with Crippen LogP contribution in [-0.2, 0) is 0 Å². The molecule has 1 aliphatic rings. The molecule has 1 aliphatic heterocycles. The molecular weight excluding hydrogens is 252 g/mol. The van der Waals surface area contributed by atoms with Gasteiger partial charge in [0.15, 0.2) is 11.2 Å². The molecule has 2 N–H and O–H groups in total. The Morgan fingerprint density at radius 3 is 2.80 bits per heavy atom. The minimum atomic E-state index is -0.0662. The summed E-state index contributed by atoms with van der Waals surface area (Å²) in [7, 11) is 0. The van der Waals surface area contributed by atoms with Crippen molar-refractivity contribution in [2.24, 2.45) is 5.92 Å². The summed E-state index contributed by atoms with van der Waals surface area (Å²) in [5.74, 6) is 0.182. The van der Waals surface area contributed by atoms with Crippen molar-refractivity contribution in [3.8, 4) is 11.3 Å². The molecule has 0 amide bonds. The lowest BCUT2D eigenvalue weighted by Gasteiger charge is -2.12. The summed E-state index contributed by atoms with van der Waals surface area (Å²) >= 11 is 0.